The van der Waals surface area contributed by atoms with Crippen molar-refractivity contribution >= 4 is 11.4 Å². The van der Waals surface area contributed by atoms with E-state index in [-0.39, 0.29) is 5.92 Å². The molecule has 2 heterocycles. The van der Waals surface area contributed by atoms with Gasteiger partial charge in [-0.3, -0.25) is 0 Å². The summed E-state index contributed by atoms with van der Waals surface area (Å²) in [6.45, 7) is 7.84. The Kier molecular flexibility index (Phi) is 6.07. The number of allylic oxidation sites excluding steroid dienone is 1. The highest BCUT2D eigenvalue weighted by molar-refractivity contribution is 6.05. The molecule has 1 aromatic carbocycles. The summed E-state index contributed by atoms with van der Waals surface area (Å²) in [6.07, 6.45) is 7.98. The van der Waals surface area contributed by atoms with Crippen LogP contribution in [0.1, 0.15) is 42.6 Å². The van der Waals surface area contributed by atoms with Crippen LogP contribution in [0, 0.1) is 13.8 Å². The van der Waals surface area contributed by atoms with E-state index in [0.29, 0.717) is 23.3 Å². The van der Waals surface area contributed by atoms with Gasteiger partial charge in [-0.2, -0.15) is 4.98 Å². The van der Waals surface area contributed by atoms with Crippen molar-refractivity contribution in [2.24, 2.45) is 10.7 Å². The number of ether oxygens (including phenoxy) is 1. The molecule has 1 unspecified atom stereocenters. The number of aliphatic imine (C=N–C) groups is 1. The lowest BCUT2D eigenvalue weighted by molar-refractivity contribution is 0.361. The molecule has 1 atom stereocenters. The number of imidazole rings is 1. The Labute approximate surface area is 186 Å². The number of nitrogens with two attached hydrogens (primary N) is 1. The maximum atomic E-state index is 5.90. The minimum Gasteiger partial charge on any atom is -0.494 e. The van der Waals surface area contributed by atoms with Crippen LogP contribution in [0.4, 0.5) is 5.69 Å². The summed E-state index contributed by atoms with van der Waals surface area (Å²) in [7, 11) is 1.64. The van der Waals surface area contributed by atoms with Gasteiger partial charge in [-0.05, 0) is 57.0 Å². The molecule has 0 spiro atoms. The van der Waals surface area contributed by atoms with Crippen LogP contribution in [-0.4, -0.2) is 32.5 Å². The van der Waals surface area contributed by atoms with Crippen LogP contribution in [-0.2, 0) is 0 Å². The Morgan fingerprint density at radius 3 is 2.91 bits per heavy atom. The molecule has 0 bridgehead atoms. The Hall–Kier alpha value is -3.88. The SMILES string of the molecule is C=C(N=C1/C(=C\N)CCCC1c1nc(C)no1)Nc1ccc(-n2cnc(C)c2)c(OC)c1. The highest BCUT2D eigenvalue weighted by Crippen LogP contribution is 2.34. The van der Waals surface area contributed by atoms with E-state index in [0.717, 1.165) is 47.6 Å². The van der Waals surface area contributed by atoms with E-state index in [1.54, 1.807) is 26.6 Å². The molecule has 32 heavy (non-hydrogen) atoms. The van der Waals surface area contributed by atoms with Crippen LogP contribution in [0.2, 0.25) is 0 Å². The van der Waals surface area contributed by atoms with Crippen molar-refractivity contribution in [1.82, 2.24) is 19.7 Å². The number of aryl methyl sites for hydroxylation is 2. The molecule has 2 aromatic heterocycles. The second kappa shape index (κ2) is 9.09. The van der Waals surface area contributed by atoms with E-state index in [1.807, 2.05) is 35.9 Å². The molecule has 9 heteroatoms. The fourth-order valence-corrected chi connectivity index (χ4v) is 3.86. The third-order valence-electron chi connectivity index (χ3n) is 5.35. The number of hydrogen-bond acceptors (Lipinski definition) is 8. The molecule has 1 aliphatic rings. The van der Waals surface area contributed by atoms with E-state index in [9.17, 15) is 0 Å². The molecule has 3 N–H and O–H groups in total. The fourth-order valence-electron chi connectivity index (χ4n) is 3.86. The first kappa shape index (κ1) is 21.4. The number of nitrogens with one attached hydrogen (secondary N) is 1. The van der Waals surface area contributed by atoms with Gasteiger partial charge in [-0.1, -0.05) is 11.7 Å². The summed E-state index contributed by atoms with van der Waals surface area (Å²) in [4.78, 5) is 13.5. The standard InChI is InChI=1S/C23H27N7O2/c1-14-12-30(13-25-14)20-9-8-18(10-21(20)31-4)26-15(2)27-22-17(11-24)6-5-7-19(22)23-28-16(3)29-32-23/h8-13,19,26H,2,5-7,24H2,1,3-4H3/b17-11-,27-22?. The molecular formula is C23H27N7O2. The lowest BCUT2D eigenvalue weighted by atomic mass is 9.83. The molecule has 166 valence electrons. The largest absolute Gasteiger partial charge is 0.494 e. The molecule has 0 aliphatic heterocycles. The van der Waals surface area contributed by atoms with Crippen LogP contribution >= 0.6 is 0 Å². The summed E-state index contributed by atoms with van der Waals surface area (Å²) >= 11 is 0. The third kappa shape index (κ3) is 4.41. The van der Waals surface area contributed by atoms with Crippen molar-refractivity contribution in [2.45, 2.75) is 39.0 Å². The molecule has 4 rings (SSSR count). The van der Waals surface area contributed by atoms with Gasteiger partial charge in [-0.25, -0.2) is 9.98 Å². The van der Waals surface area contributed by atoms with Crippen LogP contribution in [0.5, 0.6) is 5.75 Å². The second-order valence-corrected chi connectivity index (χ2v) is 7.69. The zero-order valence-corrected chi connectivity index (χ0v) is 18.5. The van der Waals surface area contributed by atoms with Gasteiger partial charge < -0.3 is 24.9 Å². The highest BCUT2D eigenvalue weighted by Gasteiger charge is 2.30. The molecule has 0 amide bonds. The number of anilines is 1. The quantitative estimate of drug-likeness (QED) is 0.603. The van der Waals surface area contributed by atoms with Gasteiger partial charge in [0.1, 0.15) is 11.6 Å². The predicted molar refractivity (Wildman–Crippen MR) is 123 cm³/mol. The topological polar surface area (TPSA) is 116 Å². The van der Waals surface area contributed by atoms with Crippen molar-refractivity contribution in [3.05, 3.63) is 72.3 Å². The summed E-state index contributed by atoms with van der Waals surface area (Å²) in [5.41, 5.74) is 10.3. The van der Waals surface area contributed by atoms with Gasteiger partial charge in [0.05, 0.1) is 36.4 Å². The molecule has 1 fully saturated rings. The van der Waals surface area contributed by atoms with Gasteiger partial charge in [0.15, 0.2) is 5.82 Å². The van der Waals surface area contributed by atoms with Crippen LogP contribution in [0.25, 0.3) is 5.69 Å². The molecular weight excluding hydrogens is 406 g/mol. The Morgan fingerprint density at radius 1 is 1.41 bits per heavy atom. The fraction of sp³-hybridized carbons (Fsp3) is 0.304. The van der Waals surface area contributed by atoms with E-state index in [2.05, 4.69) is 27.0 Å². The van der Waals surface area contributed by atoms with Crippen molar-refractivity contribution < 1.29 is 9.26 Å². The zero-order chi connectivity index (χ0) is 22.7. The van der Waals surface area contributed by atoms with Crippen LogP contribution < -0.4 is 15.8 Å². The Bertz CT molecular complexity index is 1190. The molecule has 3 aromatic rings. The summed E-state index contributed by atoms with van der Waals surface area (Å²) in [5.74, 6) is 2.22. The van der Waals surface area contributed by atoms with Crippen molar-refractivity contribution in [3.63, 3.8) is 0 Å². The van der Waals surface area contributed by atoms with Crippen LogP contribution in [0.15, 0.2) is 64.4 Å². The maximum Gasteiger partial charge on any atom is 0.235 e. The van der Waals surface area contributed by atoms with E-state index in [1.165, 1.54) is 0 Å². The molecule has 1 saturated carbocycles. The first-order chi connectivity index (χ1) is 15.5. The van der Waals surface area contributed by atoms with Crippen molar-refractivity contribution in [1.29, 1.82) is 0 Å². The Morgan fingerprint density at radius 2 is 2.25 bits per heavy atom. The number of nitrogens with zero attached hydrogens (tertiary/aromatic N) is 5. The zero-order valence-electron chi connectivity index (χ0n) is 18.5. The maximum absolute atomic E-state index is 5.90. The van der Waals surface area contributed by atoms with Gasteiger partial charge in [0, 0.05) is 18.0 Å². The smallest absolute Gasteiger partial charge is 0.235 e. The first-order valence-electron chi connectivity index (χ1n) is 10.4. The first-order valence-corrected chi connectivity index (χ1v) is 10.4. The monoisotopic (exact) mass is 433 g/mol. The van der Waals surface area contributed by atoms with Crippen LogP contribution in [0.3, 0.4) is 0 Å². The van der Waals surface area contributed by atoms with Crippen molar-refractivity contribution in [2.75, 3.05) is 12.4 Å². The van der Waals surface area contributed by atoms with Gasteiger partial charge in [-0.15, -0.1) is 0 Å². The average molecular weight is 434 g/mol. The molecule has 0 radical (unpaired) electrons. The minimum absolute atomic E-state index is 0.111. The molecule has 0 saturated heterocycles. The number of benzene rings is 1. The lowest BCUT2D eigenvalue weighted by Gasteiger charge is -2.24. The normalized spacial score (nSPS) is 18.8. The van der Waals surface area contributed by atoms with Gasteiger partial charge >= 0.3 is 0 Å². The van der Waals surface area contributed by atoms with Gasteiger partial charge in [0.25, 0.3) is 0 Å². The average Bonchev–Trinajstić information content (AvgIpc) is 3.41. The molecule has 1 aliphatic carbocycles. The summed E-state index contributed by atoms with van der Waals surface area (Å²) in [5, 5.41) is 7.18. The summed E-state index contributed by atoms with van der Waals surface area (Å²) in [6, 6.07) is 5.80. The lowest BCUT2D eigenvalue weighted by Crippen LogP contribution is -2.22. The number of hydrogen-bond donors (Lipinski definition) is 2. The number of rotatable bonds is 6. The van der Waals surface area contributed by atoms with E-state index >= 15 is 0 Å². The van der Waals surface area contributed by atoms with E-state index < -0.39 is 0 Å². The molecule has 9 nitrogen and oxygen atoms in total. The van der Waals surface area contributed by atoms with E-state index in [4.69, 9.17) is 20.0 Å². The predicted octanol–water partition coefficient (Wildman–Crippen LogP) is 4.02. The third-order valence-corrected chi connectivity index (χ3v) is 5.35. The Balaban J connectivity index is 1.59. The second-order valence-electron chi connectivity index (χ2n) is 7.69. The number of methoxy groups -OCH3 is 1. The highest BCUT2D eigenvalue weighted by atomic mass is 16.5. The van der Waals surface area contributed by atoms with Gasteiger partial charge in [0.2, 0.25) is 5.89 Å². The van der Waals surface area contributed by atoms with Crippen molar-refractivity contribution in [3.8, 4) is 11.4 Å². The summed E-state index contributed by atoms with van der Waals surface area (Å²) < 4.78 is 12.9. The number of aromatic nitrogens is 4. The minimum atomic E-state index is -0.111.